The average molecular weight is 318 g/mol. The largest absolute Gasteiger partial charge is 0.351 e. The monoisotopic (exact) mass is 318 g/mol. The zero-order valence-electron chi connectivity index (χ0n) is 14.3. The van der Waals surface area contributed by atoms with E-state index in [1.165, 1.54) is 5.56 Å². The number of fused-ring (bicyclic) bond motifs is 1. The first-order valence-corrected chi connectivity index (χ1v) is 8.26. The molecule has 1 heterocycles. The first kappa shape index (κ1) is 16.2. The Balaban J connectivity index is 1.77. The molecule has 0 bridgehead atoms. The van der Waals surface area contributed by atoms with Crippen molar-refractivity contribution in [2.45, 2.75) is 26.7 Å². The third kappa shape index (κ3) is 3.46. The van der Waals surface area contributed by atoms with E-state index in [-0.39, 0.29) is 11.8 Å². The van der Waals surface area contributed by atoms with Crippen LogP contribution in [0.2, 0.25) is 0 Å². The smallest absolute Gasteiger partial charge is 0.253 e. The van der Waals surface area contributed by atoms with Crippen LogP contribution in [0.15, 0.2) is 54.6 Å². The van der Waals surface area contributed by atoms with Crippen LogP contribution in [-0.2, 0) is 0 Å². The summed E-state index contributed by atoms with van der Waals surface area (Å²) in [5.41, 5.74) is 4.72. The highest BCUT2D eigenvalue weighted by atomic mass is 16.1. The predicted molar refractivity (Wildman–Crippen MR) is 98.4 cm³/mol. The first-order chi connectivity index (χ1) is 11.5. The number of hydrogen-bond acceptors (Lipinski definition) is 2. The molecule has 0 spiro atoms. The topological polar surface area (TPSA) is 42.0 Å². The molecule has 122 valence electrons. The van der Waals surface area contributed by atoms with Gasteiger partial charge in [0.15, 0.2) is 0 Å². The van der Waals surface area contributed by atoms with E-state index < -0.39 is 0 Å². The minimum atomic E-state index is -0.0637. The second-order valence-corrected chi connectivity index (χ2v) is 6.34. The summed E-state index contributed by atoms with van der Waals surface area (Å²) in [6, 6.07) is 18.2. The number of aryl methyl sites for hydroxylation is 2. The van der Waals surface area contributed by atoms with Crippen LogP contribution >= 0.6 is 0 Å². The van der Waals surface area contributed by atoms with E-state index in [1.807, 2.05) is 50.2 Å². The van der Waals surface area contributed by atoms with Gasteiger partial charge in [0.05, 0.1) is 16.8 Å². The van der Waals surface area contributed by atoms with Gasteiger partial charge in [-0.2, -0.15) is 0 Å². The Morgan fingerprint density at radius 2 is 1.83 bits per heavy atom. The summed E-state index contributed by atoms with van der Waals surface area (Å²) >= 11 is 0. The summed E-state index contributed by atoms with van der Waals surface area (Å²) in [4.78, 5) is 17.1. The summed E-state index contributed by atoms with van der Waals surface area (Å²) in [6.45, 7) is 6.65. The SMILES string of the molecule is Cc1ccc2nc(C)c(C(=O)NCC(C)c3ccccc3)cc2c1. The number of hydrogen-bond donors (Lipinski definition) is 1. The van der Waals surface area contributed by atoms with Gasteiger partial charge in [0.1, 0.15) is 0 Å². The Morgan fingerprint density at radius 1 is 1.08 bits per heavy atom. The van der Waals surface area contributed by atoms with Gasteiger partial charge in [-0.1, -0.05) is 48.9 Å². The van der Waals surface area contributed by atoms with E-state index in [0.717, 1.165) is 22.2 Å². The third-order valence-electron chi connectivity index (χ3n) is 4.34. The number of nitrogens with zero attached hydrogens (tertiary/aromatic N) is 1. The van der Waals surface area contributed by atoms with Crippen LogP contribution < -0.4 is 5.32 Å². The number of aromatic nitrogens is 1. The van der Waals surface area contributed by atoms with Crippen molar-refractivity contribution in [3.63, 3.8) is 0 Å². The van der Waals surface area contributed by atoms with Gasteiger partial charge < -0.3 is 5.32 Å². The van der Waals surface area contributed by atoms with E-state index in [1.54, 1.807) is 0 Å². The molecule has 3 rings (SSSR count). The van der Waals surface area contributed by atoms with Gasteiger partial charge >= 0.3 is 0 Å². The van der Waals surface area contributed by atoms with Crippen molar-refractivity contribution < 1.29 is 4.79 Å². The fourth-order valence-corrected chi connectivity index (χ4v) is 2.86. The highest BCUT2D eigenvalue weighted by Crippen LogP contribution is 2.19. The summed E-state index contributed by atoms with van der Waals surface area (Å²) in [7, 11) is 0. The standard InChI is InChI=1S/C21H22N2O/c1-14-9-10-20-18(11-14)12-19(16(3)23-20)21(24)22-13-15(2)17-7-5-4-6-8-17/h4-12,15H,13H2,1-3H3,(H,22,24). The maximum Gasteiger partial charge on any atom is 0.253 e. The number of nitrogens with one attached hydrogen (secondary N) is 1. The molecule has 0 aliphatic rings. The second-order valence-electron chi connectivity index (χ2n) is 6.34. The molecule has 0 saturated carbocycles. The van der Waals surface area contributed by atoms with Gasteiger partial charge in [-0.25, -0.2) is 0 Å². The Bertz CT molecular complexity index is 872. The number of carbonyl (C=O) groups is 1. The molecule has 0 fully saturated rings. The van der Waals surface area contributed by atoms with E-state index in [9.17, 15) is 4.79 Å². The molecular weight excluding hydrogens is 296 g/mol. The highest BCUT2D eigenvalue weighted by molar-refractivity contribution is 5.98. The third-order valence-corrected chi connectivity index (χ3v) is 4.34. The highest BCUT2D eigenvalue weighted by Gasteiger charge is 2.13. The summed E-state index contributed by atoms with van der Waals surface area (Å²) < 4.78 is 0. The molecule has 3 heteroatoms. The zero-order valence-corrected chi connectivity index (χ0v) is 14.3. The van der Waals surface area contributed by atoms with Crippen molar-refractivity contribution in [2.75, 3.05) is 6.54 Å². The Morgan fingerprint density at radius 3 is 2.58 bits per heavy atom. The number of carbonyl (C=O) groups excluding carboxylic acids is 1. The van der Waals surface area contributed by atoms with Crippen LogP contribution in [0.3, 0.4) is 0 Å². The lowest BCUT2D eigenvalue weighted by Crippen LogP contribution is -2.28. The van der Waals surface area contributed by atoms with Gasteiger partial charge in [-0.3, -0.25) is 9.78 Å². The van der Waals surface area contributed by atoms with Gasteiger partial charge in [-0.05, 0) is 43.5 Å². The minimum absolute atomic E-state index is 0.0637. The molecule has 0 aliphatic carbocycles. The van der Waals surface area contributed by atoms with E-state index in [4.69, 9.17) is 0 Å². The maximum absolute atomic E-state index is 12.6. The fourth-order valence-electron chi connectivity index (χ4n) is 2.86. The summed E-state index contributed by atoms with van der Waals surface area (Å²) in [5.74, 6) is 0.206. The molecule has 3 nitrogen and oxygen atoms in total. The summed E-state index contributed by atoms with van der Waals surface area (Å²) in [6.07, 6.45) is 0. The van der Waals surface area contributed by atoms with Crippen LogP contribution in [0.4, 0.5) is 0 Å². The molecule has 3 aromatic rings. The molecule has 1 aromatic heterocycles. The Hall–Kier alpha value is -2.68. The quantitative estimate of drug-likeness (QED) is 0.775. The maximum atomic E-state index is 12.6. The fraction of sp³-hybridized carbons (Fsp3) is 0.238. The van der Waals surface area contributed by atoms with Crippen LogP contribution in [0.1, 0.15) is 40.0 Å². The lowest BCUT2D eigenvalue weighted by atomic mass is 10.0. The van der Waals surface area contributed by atoms with Gasteiger partial charge in [-0.15, -0.1) is 0 Å². The molecule has 1 N–H and O–H groups in total. The number of benzene rings is 2. The van der Waals surface area contributed by atoms with Crippen LogP contribution in [0.5, 0.6) is 0 Å². The molecule has 0 aliphatic heterocycles. The molecule has 1 atom stereocenters. The average Bonchev–Trinajstić information content (AvgIpc) is 2.60. The zero-order chi connectivity index (χ0) is 17.1. The van der Waals surface area contributed by atoms with Gasteiger partial charge in [0, 0.05) is 11.9 Å². The number of rotatable bonds is 4. The molecule has 0 saturated heterocycles. The van der Waals surface area contributed by atoms with Gasteiger partial charge in [0.25, 0.3) is 5.91 Å². The van der Waals surface area contributed by atoms with E-state index >= 15 is 0 Å². The van der Waals surface area contributed by atoms with E-state index in [2.05, 4.69) is 35.4 Å². The van der Waals surface area contributed by atoms with Crippen LogP contribution in [0, 0.1) is 13.8 Å². The lowest BCUT2D eigenvalue weighted by Gasteiger charge is -2.14. The van der Waals surface area contributed by atoms with Crippen molar-refractivity contribution in [2.24, 2.45) is 0 Å². The molecule has 24 heavy (non-hydrogen) atoms. The molecule has 0 radical (unpaired) electrons. The van der Waals surface area contributed by atoms with Gasteiger partial charge in [0.2, 0.25) is 0 Å². The van der Waals surface area contributed by atoms with E-state index in [0.29, 0.717) is 12.1 Å². The van der Waals surface area contributed by atoms with Crippen molar-refractivity contribution in [1.29, 1.82) is 0 Å². The van der Waals surface area contributed by atoms with Crippen molar-refractivity contribution in [3.05, 3.63) is 77.0 Å². The normalized spacial score (nSPS) is 12.1. The Kier molecular flexibility index (Phi) is 4.61. The number of amides is 1. The molecule has 1 amide bonds. The lowest BCUT2D eigenvalue weighted by molar-refractivity contribution is 0.0951. The number of pyridine rings is 1. The van der Waals surface area contributed by atoms with Crippen LogP contribution in [-0.4, -0.2) is 17.4 Å². The molecule has 1 unspecified atom stereocenters. The second kappa shape index (κ2) is 6.83. The van der Waals surface area contributed by atoms with Crippen LogP contribution in [0.25, 0.3) is 10.9 Å². The van der Waals surface area contributed by atoms with Crippen molar-refractivity contribution in [1.82, 2.24) is 10.3 Å². The van der Waals surface area contributed by atoms with Crippen molar-refractivity contribution >= 4 is 16.8 Å². The Labute approximate surface area is 142 Å². The summed E-state index contributed by atoms with van der Waals surface area (Å²) in [5, 5.41) is 4.04. The molecule has 2 aromatic carbocycles. The first-order valence-electron chi connectivity index (χ1n) is 8.26. The predicted octanol–water partition coefficient (Wildman–Crippen LogP) is 4.39. The minimum Gasteiger partial charge on any atom is -0.351 e. The van der Waals surface area contributed by atoms with Crippen molar-refractivity contribution in [3.8, 4) is 0 Å². The molecular formula is C21H22N2O.